The molecule has 0 aliphatic heterocycles. The van der Waals surface area contributed by atoms with Crippen LogP contribution in [-0.4, -0.2) is 31.8 Å². The number of aliphatic hydroxyl groups is 1. The quantitative estimate of drug-likeness (QED) is 0.131. The van der Waals surface area contributed by atoms with Crippen molar-refractivity contribution < 1.29 is 46.5 Å². The summed E-state index contributed by atoms with van der Waals surface area (Å²) in [6.07, 6.45) is 2.95. The van der Waals surface area contributed by atoms with Gasteiger partial charge in [-0.2, -0.15) is 0 Å². The molecule has 0 radical (unpaired) electrons. The Morgan fingerprint density at radius 1 is 0.756 bits per heavy atom. The maximum absolute atomic E-state index is 11.7. The van der Waals surface area contributed by atoms with Crippen LogP contribution in [0.3, 0.4) is 0 Å². The summed E-state index contributed by atoms with van der Waals surface area (Å²) < 4.78 is 5.44. The molecule has 0 fully saturated rings. The van der Waals surface area contributed by atoms with Gasteiger partial charge in [0.2, 0.25) is 3.70 Å². The highest BCUT2D eigenvalue weighted by Gasteiger charge is 2.29. The highest BCUT2D eigenvalue weighted by molar-refractivity contribution is 14.1. The van der Waals surface area contributed by atoms with E-state index in [1.807, 2.05) is 72.8 Å². The van der Waals surface area contributed by atoms with E-state index < -0.39 is 11.9 Å². The molecule has 0 bridgehead atoms. The van der Waals surface area contributed by atoms with Crippen molar-refractivity contribution in [1.29, 1.82) is 0 Å². The van der Waals surface area contributed by atoms with Gasteiger partial charge in [-0.15, -0.1) is 0 Å². The highest BCUT2D eigenvalue weighted by atomic mass is 127. The van der Waals surface area contributed by atoms with Crippen LogP contribution in [0.5, 0.6) is 0 Å². The molecule has 0 spiro atoms. The van der Waals surface area contributed by atoms with Gasteiger partial charge in [-0.1, -0.05) is 98.3 Å². The lowest BCUT2D eigenvalue weighted by atomic mass is 9.98. The van der Waals surface area contributed by atoms with Crippen molar-refractivity contribution in [3.05, 3.63) is 135 Å². The van der Waals surface area contributed by atoms with Gasteiger partial charge in [0.05, 0.1) is 11.1 Å². The maximum Gasteiger partial charge on any atom is 0.336 e. The first-order chi connectivity index (χ1) is 21.3. The Labute approximate surface area is 286 Å². The molecule has 4 aromatic carbocycles. The Morgan fingerprint density at radius 3 is 1.71 bits per heavy atom. The fourth-order valence-electron chi connectivity index (χ4n) is 5.57. The van der Waals surface area contributed by atoms with E-state index >= 15 is 0 Å². The van der Waals surface area contributed by atoms with Crippen LogP contribution in [0.4, 0.5) is 0 Å². The smallest absolute Gasteiger partial charge is 0.336 e. The molecule has 7 nitrogen and oxygen atoms in total. The Bertz CT molecular complexity index is 1800. The first-order valence-electron chi connectivity index (χ1n) is 14.6. The Kier molecular flexibility index (Phi) is 11.7. The van der Waals surface area contributed by atoms with E-state index in [-0.39, 0.29) is 34.7 Å². The molecule has 0 aliphatic rings. The van der Waals surface area contributed by atoms with Crippen molar-refractivity contribution >= 4 is 34.5 Å². The zero-order valence-corrected chi connectivity index (χ0v) is 28.5. The second-order valence-electron chi connectivity index (χ2n) is 10.7. The van der Waals surface area contributed by atoms with E-state index in [2.05, 4.69) is 38.6 Å². The van der Waals surface area contributed by atoms with Crippen LogP contribution in [0, 0.1) is 3.70 Å². The van der Waals surface area contributed by atoms with Gasteiger partial charge >= 0.3 is 11.9 Å². The minimum atomic E-state index is -0.956. The number of hydrogen-bond donors (Lipinski definition) is 3. The number of aromatic nitrogens is 2. The van der Waals surface area contributed by atoms with Gasteiger partial charge in [0.15, 0.2) is 5.69 Å². The third-order valence-electron chi connectivity index (χ3n) is 7.86. The summed E-state index contributed by atoms with van der Waals surface area (Å²) in [6, 6.07) is 29.8. The summed E-state index contributed by atoms with van der Waals surface area (Å²) in [7, 11) is 0. The van der Waals surface area contributed by atoms with Gasteiger partial charge in [-0.25, -0.2) is 18.7 Å². The molecule has 232 valence electrons. The molecule has 9 heteroatoms. The van der Waals surface area contributed by atoms with E-state index in [0.717, 1.165) is 51.0 Å². The van der Waals surface area contributed by atoms with E-state index in [1.54, 1.807) is 24.3 Å². The van der Waals surface area contributed by atoms with Crippen LogP contribution < -0.4 is 21.5 Å². The fourth-order valence-corrected chi connectivity index (χ4v) is 6.58. The number of hydrogen-bond acceptors (Lipinski definition) is 3. The second-order valence-corrected chi connectivity index (χ2v) is 11.7. The number of carboxylic acid groups (broad SMARTS) is 2. The summed E-state index contributed by atoms with van der Waals surface area (Å²) in [5.41, 5.74) is 6.83. The Hall–Kier alpha value is -3.80. The van der Waals surface area contributed by atoms with Crippen LogP contribution in [0.2, 0.25) is 0 Å². The number of benzene rings is 4. The molecule has 0 aliphatic carbocycles. The minimum absolute atomic E-state index is 0. The lowest BCUT2D eigenvalue weighted by Gasteiger charge is -2.09. The topological polar surface area (TPSA) is 104 Å². The van der Waals surface area contributed by atoms with Crippen molar-refractivity contribution in [2.75, 3.05) is 0 Å². The molecule has 3 N–H and O–H groups in total. The molecule has 0 atom stereocenters. The van der Waals surface area contributed by atoms with Gasteiger partial charge < -0.3 is 32.3 Å². The molecule has 1 heterocycles. The zero-order valence-electron chi connectivity index (χ0n) is 24.8. The van der Waals surface area contributed by atoms with Crippen molar-refractivity contribution in [3.63, 3.8) is 0 Å². The van der Waals surface area contributed by atoms with Crippen LogP contribution >= 0.6 is 22.6 Å². The number of rotatable bonds is 12. The van der Waals surface area contributed by atoms with Crippen molar-refractivity contribution in [2.24, 2.45) is 0 Å². The Morgan fingerprint density at radius 2 is 1.24 bits per heavy atom. The lowest BCUT2D eigenvalue weighted by molar-refractivity contribution is -0.709. The number of nitrogens with zero attached hydrogens (tertiary/aromatic N) is 2. The summed E-state index contributed by atoms with van der Waals surface area (Å²) in [5, 5.41) is 29.8. The molecule has 0 saturated heterocycles. The van der Waals surface area contributed by atoms with Crippen molar-refractivity contribution in [3.8, 4) is 22.3 Å². The average Bonchev–Trinajstić information content (AvgIpc) is 3.29. The van der Waals surface area contributed by atoms with Gasteiger partial charge in [0.1, 0.15) is 19.7 Å². The standard InChI is InChI=1S/C36H33IN2O5.BrH/c1-2-3-12-32-34(37)39(22-25-15-19-27(20-16-25)29-9-5-7-11-31(29)36(43)44)33(23-40)38(32)21-24-13-17-26(18-14-24)28-8-4-6-10-30(28)35(41)42;/h4-11,13-20,40H,2-3,12,21-23H2,1H3,(H-,41,42,43,44);1H. The lowest BCUT2D eigenvalue weighted by Crippen LogP contribution is -3.00. The van der Waals surface area contributed by atoms with E-state index in [9.17, 15) is 24.9 Å². The largest absolute Gasteiger partial charge is 1.00 e. The van der Waals surface area contributed by atoms with Crippen molar-refractivity contribution in [2.45, 2.75) is 45.9 Å². The van der Waals surface area contributed by atoms with Crippen LogP contribution in [0.25, 0.3) is 22.3 Å². The van der Waals surface area contributed by atoms with Crippen LogP contribution in [0.1, 0.15) is 63.1 Å². The predicted molar refractivity (Wildman–Crippen MR) is 178 cm³/mol. The van der Waals surface area contributed by atoms with Crippen molar-refractivity contribution in [1.82, 2.24) is 4.57 Å². The normalized spacial score (nSPS) is 10.8. The van der Waals surface area contributed by atoms with Crippen LogP contribution in [-0.2, 0) is 26.1 Å². The van der Waals surface area contributed by atoms with Gasteiger partial charge in [0, 0.05) is 29.0 Å². The van der Waals surface area contributed by atoms with E-state index in [0.29, 0.717) is 24.2 Å². The molecular weight excluding hydrogens is 747 g/mol. The monoisotopic (exact) mass is 780 g/mol. The third-order valence-corrected chi connectivity index (χ3v) is 9.06. The van der Waals surface area contributed by atoms with Crippen LogP contribution in [0.15, 0.2) is 97.1 Å². The fraction of sp³-hybridized carbons (Fsp3) is 0.194. The molecule has 5 aromatic rings. The zero-order chi connectivity index (χ0) is 31.2. The molecular formula is C36H34BrIN2O5. The molecule has 1 aromatic heterocycles. The van der Waals surface area contributed by atoms with Gasteiger partial charge in [0.25, 0.3) is 5.82 Å². The van der Waals surface area contributed by atoms with Gasteiger partial charge in [-0.05, 0) is 51.9 Å². The number of aliphatic hydroxyl groups excluding tert-OH is 1. The van der Waals surface area contributed by atoms with E-state index in [4.69, 9.17) is 0 Å². The average molecular weight is 781 g/mol. The molecule has 0 saturated carbocycles. The number of carbonyl (C=O) groups is 2. The van der Waals surface area contributed by atoms with Gasteiger partial charge in [-0.3, -0.25) is 0 Å². The summed E-state index contributed by atoms with van der Waals surface area (Å²) in [5.74, 6) is -1.10. The third kappa shape index (κ3) is 7.54. The first kappa shape index (κ1) is 34.1. The number of halogens is 2. The summed E-state index contributed by atoms with van der Waals surface area (Å²) in [4.78, 5) is 23.5. The number of aromatic carboxylic acids is 2. The minimum Gasteiger partial charge on any atom is -1.00 e. The first-order valence-corrected chi connectivity index (χ1v) is 15.6. The number of imidazole rings is 1. The SMILES string of the molecule is CCCCc1c(I)[n+](Cc2ccc(-c3ccccc3C(=O)O)cc2)c(CO)n1Cc1ccc(-c2ccccc2C(=O)O)cc1.[Br-]. The molecule has 0 unspecified atom stereocenters. The number of carboxylic acids is 2. The number of unbranched alkanes of at least 4 members (excludes halogenated alkanes) is 1. The second kappa shape index (κ2) is 15.5. The Balaban J connectivity index is 0.00000461. The molecule has 45 heavy (non-hydrogen) atoms. The summed E-state index contributed by atoms with van der Waals surface area (Å²) >= 11 is 2.38. The summed E-state index contributed by atoms with van der Waals surface area (Å²) in [6.45, 7) is 3.17. The predicted octanol–water partition coefficient (Wildman–Crippen LogP) is 4.05. The molecule has 5 rings (SSSR count). The maximum atomic E-state index is 11.7. The van der Waals surface area contributed by atoms with E-state index in [1.165, 1.54) is 5.69 Å². The highest BCUT2D eigenvalue weighted by Crippen LogP contribution is 2.27. The molecule has 0 amide bonds.